The largest absolute Gasteiger partial charge is 0.468 e. The van der Waals surface area contributed by atoms with Gasteiger partial charge < -0.3 is 19.8 Å². The standard InChI is InChI=1S/C19H27N3O3/c1-4-22(5-2)17(18-11-8-12-25-18)13-20-19(23)21-16-10-7-6-9-15(16)14-24-3/h6-12,17H,4-5,13-14H2,1-3H3,(H2,20,21,23). The van der Waals surface area contributed by atoms with Gasteiger partial charge in [0.1, 0.15) is 5.76 Å². The van der Waals surface area contributed by atoms with Gasteiger partial charge in [0.2, 0.25) is 0 Å². The maximum Gasteiger partial charge on any atom is 0.319 e. The average Bonchev–Trinajstić information content (AvgIpc) is 3.15. The quantitative estimate of drug-likeness (QED) is 0.728. The van der Waals surface area contributed by atoms with Crippen LogP contribution < -0.4 is 10.6 Å². The zero-order valence-corrected chi connectivity index (χ0v) is 15.1. The Morgan fingerprint density at radius 2 is 1.96 bits per heavy atom. The van der Waals surface area contributed by atoms with Crippen LogP contribution in [-0.4, -0.2) is 37.7 Å². The van der Waals surface area contributed by atoms with Crippen molar-refractivity contribution < 1.29 is 13.9 Å². The molecule has 0 aliphatic heterocycles. The Labute approximate surface area is 149 Å². The number of likely N-dealkylation sites (N-methyl/N-ethyl adjacent to an activating group) is 1. The molecule has 0 fully saturated rings. The highest BCUT2D eigenvalue weighted by molar-refractivity contribution is 5.90. The van der Waals surface area contributed by atoms with Crippen molar-refractivity contribution in [1.82, 2.24) is 10.2 Å². The highest BCUT2D eigenvalue weighted by Gasteiger charge is 2.21. The number of carbonyl (C=O) groups is 1. The van der Waals surface area contributed by atoms with Crippen LogP contribution in [0.3, 0.4) is 0 Å². The molecule has 0 aliphatic carbocycles. The van der Waals surface area contributed by atoms with Crippen LogP contribution in [0, 0.1) is 0 Å². The summed E-state index contributed by atoms with van der Waals surface area (Å²) in [6, 6.07) is 11.2. The molecule has 0 aliphatic rings. The number of carbonyl (C=O) groups excluding carboxylic acids is 1. The van der Waals surface area contributed by atoms with Crippen molar-refractivity contribution in [2.75, 3.05) is 32.1 Å². The first kappa shape index (κ1) is 19.0. The smallest absolute Gasteiger partial charge is 0.319 e. The fourth-order valence-electron chi connectivity index (χ4n) is 2.83. The van der Waals surface area contributed by atoms with Crippen LogP contribution in [0.2, 0.25) is 0 Å². The van der Waals surface area contributed by atoms with E-state index in [-0.39, 0.29) is 12.1 Å². The van der Waals surface area contributed by atoms with E-state index in [9.17, 15) is 4.79 Å². The van der Waals surface area contributed by atoms with E-state index >= 15 is 0 Å². The van der Waals surface area contributed by atoms with Gasteiger partial charge in [-0.15, -0.1) is 0 Å². The van der Waals surface area contributed by atoms with Crippen LogP contribution in [-0.2, 0) is 11.3 Å². The molecular weight excluding hydrogens is 318 g/mol. The first-order valence-electron chi connectivity index (χ1n) is 8.58. The normalized spacial score (nSPS) is 12.2. The zero-order valence-electron chi connectivity index (χ0n) is 15.1. The second-order valence-corrected chi connectivity index (χ2v) is 5.68. The number of amides is 2. The fraction of sp³-hybridized carbons (Fsp3) is 0.421. The third-order valence-corrected chi connectivity index (χ3v) is 4.15. The molecule has 6 nitrogen and oxygen atoms in total. The maximum atomic E-state index is 12.3. The number of urea groups is 1. The molecule has 2 rings (SSSR count). The molecule has 2 aromatic rings. The summed E-state index contributed by atoms with van der Waals surface area (Å²) in [5, 5.41) is 5.84. The Bertz CT molecular complexity index is 639. The Kier molecular flexibility index (Phi) is 7.50. The summed E-state index contributed by atoms with van der Waals surface area (Å²) < 4.78 is 10.7. The molecular formula is C19H27N3O3. The van der Waals surface area contributed by atoms with Gasteiger partial charge in [0.25, 0.3) is 0 Å². The van der Waals surface area contributed by atoms with Crippen LogP contribution in [0.5, 0.6) is 0 Å². The lowest BCUT2D eigenvalue weighted by atomic mass is 10.2. The minimum Gasteiger partial charge on any atom is -0.468 e. The van der Waals surface area contributed by atoms with E-state index in [0.29, 0.717) is 13.2 Å². The number of rotatable bonds is 9. The van der Waals surface area contributed by atoms with Gasteiger partial charge in [0.05, 0.1) is 18.9 Å². The molecule has 2 N–H and O–H groups in total. The number of para-hydroxylation sites is 1. The Morgan fingerprint density at radius 3 is 2.60 bits per heavy atom. The zero-order chi connectivity index (χ0) is 18.1. The number of hydrogen-bond donors (Lipinski definition) is 2. The van der Waals surface area contributed by atoms with Gasteiger partial charge in [-0.05, 0) is 31.3 Å². The third-order valence-electron chi connectivity index (χ3n) is 4.15. The van der Waals surface area contributed by atoms with Crippen LogP contribution in [0.25, 0.3) is 0 Å². The second-order valence-electron chi connectivity index (χ2n) is 5.68. The summed E-state index contributed by atoms with van der Waals surface area (Å²) in [6.45, 7) is 6.86. The van der Waals surface area contributed by atoms with Crippen molar-refractivity contribution in [3.63, 3.8) is 0 Å². The number of benzene rings is 1. The molecule has 136 valence electrons. The maximum absolute atomic E-state index is 12.3. The van der Waals surface area contributed by atoms with Crippen molar-refractivity contribution in [2.24, 2.45) is 0 Å². The van der Waals surface area contributed by atoms with Gasteiger partial charge in [-0.25, -0.2) is 4.79 Å². The molecule has 6 heteroatoms. The molecule has 1 heterocycles. The van der Waals surface area contributed by atoms with Crippen LogP contribution in [0.15, 0.2) is 47.1 Å². The Hall–Kier alpha value is -2.31. The second kappa shape index (κ2) is 9.86. The number of ether oxygens (including phenoxy) is 1. The number of furan rings is 1. The summed E-state index contributed by atoms with van der Waals surface area (Å²) in [5.74, 6) is 0.851. The summed E-state index contributed by atoms with van der Waals surface area (Å²) in [4.78, 5) is 14.6. The summed E-state index contributed by atoms with van der Waals surface area (Å²) in [7, 11) is 1.63. The molecule has 1 unspecified atom stereocenters. The number of nitrogens with zero attached hydrogens (tertiary/aromatic N) is 1. The number of nitrogens with one attached hydrogen (secondary N) is 2. The molecule has 25 heavy (non-hydrogen) atoms. The Morgan fingerprint density at radius 1 is 1.20 bits per heavy atom. The lowest BCUT2D eigenvalue weighted by Crippen LogP contribution is -2.39. The minimum absolute atomic E-state index is 0.00460. The molecule has 1 aromatic carbocycles. The molecule has 0 bridgehead atoms. The molecule has 1 atom stereocenters. The van der Waals surface area contributed by atoms with Crippen LogP contribution in [0.4, 0.5) is 10.5 Å². The average molecular weight is 345 g/mol. The monoisotopic (exact) mass is 345 g/mol. The predicted octanol–water partition coefficient (Wildman–Crippen LogP) is 3.63. The SMILES string of the molecule is CCN(CC)C(CNC(=O)Nc1ccccc1COC)c1ccco1. The molecule has 0 spiro atoms. The van der Waals surface area contributed by atoms with Crippen molar-refractivity contribution in [1.29, 1.82) is 0 Å². The highest BCUT2D eigenvalue weighted by atomic mass is 16.5. The van der Waals surface area contributed by atoms with E-state index in [1.165, 1.54) is 0 Å². The molecule has 0 saturated heterocycles. The van der Waals surface area contributed by atoms with Crippen molar-refractivity contribution >= 4 is 11.7 Å². The van der Waals surface area contributed by atoms with E-state index < -0.39 is 0 Å². The molecule has 0 saturated carbocycles. The van der Waals surface area contributed by atoms with E-state index in [4.69, 9.17) is 9.15 Å². The van der Waals surface area contributed by atoms with Gasteiger partial charge in [-0.3, -0.25) is 4.90 Å². The van der Waals surface area contributed by atoms with E-state index in [2.05, 4.69) is 29.4 Å². The summed E-state index contributed by atoms with van der Waals surface area (Å²) >= 11 is 0. The van der Waals surface area contributed by atoms with Crippen molar-refractivity contribution in [3.8, 4) is 0 Å². The van der Waals surface area contributed by atoms with Crippen LogP contribution in [0.1, 0.15) is 31.2 Å². The molecule has 1 aromatic heterocycles. The summed E-state index contributed by atoms with van der Waals surface area (Å²) in [6.07, 6.45) is 1.66. The van der Waals surface area contributed by atoms with Gasteiger partial charge in [-0.1, -0.05) is 32.0 Å². The fourth-order valence-corrected chi connectivity index (χ4v) is 2.83. The molecule has 2 amide bonds. The van der Waals surface area contributed by atoms with E-state index in [1.807, 2.05) is 36.4 Å². The van der Waals surface area contributed by atoms with Gasteiger partial charge in [0.15, 0.2) is 0 Å². The van der Waals surface area contributed by atoms with E-state index in [0.717, 1.165) is 30.1 Å². The summed E-state index contributed by atoms with van der Waals surface area (Å²) in [5.41, 5.74) is 1.69. The van der Waals surface area contributed by atoms with Gasteiger partial charge in [-0.2, -0.15) is 0 Å². The topological polar surface area (TPSA) is 66.7 Å². The number of methoxy groups -OCH3 is 1. The highest BCUT2D eigenvalue weighted by Crippen LogP contribution is 2.20. The minimum atomic E-state index is -0.243. The van der Waals surface area contributed by atoms with Crippen molar-refractivity contribution in [2.45, 2.75) is 26.5 Å². The first-order chi connectivity index (χ1) is 12.2. The first-order valence-corrected chi connectivity index (χ1v) is 8.58. The number of anilines is 1. The number of hydrogen-bond acceptors (Lipinski definition) is 4. The Balaban J connectivity index is 1.99. The van der Waals surface area contributed by atoms with Gasteiger partial charge in [0, 0.05) is 24.9 Å². The predicted molar refractivity (Wildman–Crippen MR) is 98.5 cm³/mol. The van der Waals surface area contributed by atoms with Crippen LogP contribution >= 0.6 is 0 Å². The van der Waals surface area contributed by atoms with Crippen molar-refractivity contribution in [3.05, 3.63) is 54.0 Å². The lowest BCUT2D eigenvalue weighted by molar-refractivity contribution is 0.185. The third kappa shape index (κ3) is 5.34. The molecule has 0 radical (unpaired) electrons. The van der Waals surface area contributed by atoms with Gasteiger partial charge >= 0.3 is 6.03 Å². The van der Waals surface area contributed by atoms with E-state index in [1.54, 1.807) is 13.4 Å². The lowest BCUT2D eigenvalue weighted by Gasteiger charge is -2.28.